The molecule has 0 saturated carbocycles. The van der Waals surface area contributed by atoms with Gasteiger partial charge in [0.05, 0.1) is 12.6 Å². The van der Waals surface area contributed by atoms with E-state index < -0.39 is 6.17 Å². The Morgan fingerprint density at radius 2 is 2.03 bits per heavy atom. The van der Waals surface area contributed by atoms with Crippen molar-refractivity contribution in [1.82, 2.24) is 9.88 Å². The van der Waals surface area contributed by atoms with Gasteiger partial charge in [0.25, 0.3) is 0 Å². The number of aromatic nitrogens is 1. The zero-order chi connectivity index (χ0) is 23.9. The van der Waals surface area contributed by atoms with Crippen molar-refractivity contribution >= 4 is 34.3 Å². The number of ether oxygens (including phenoxy) is 1. The van der Waals surface area contributed by atoms with Crippen molar-refractivity contribution in [2.45, 2.75) is 30.3 Å². The average Bonchev–Trinajstić information content (AvgIpc) is 2.88. The van der Waals surface area contributed by atoms with Crippen molar-refractivity contribution in [2.75, 3.05) is 39.1 Å². The van der Waals surface area contributed by atoms with E-state index >= 15 is 4.39 Å². The lowest BCUT2D eigenvalue weighted by atomic mass is 9.81. The molecule has 1 unspecified atom stereocenters. The molecule has 7 heteroatoms. The second-order valence-corrected chi connectivity index (χ2v) is 10.5. The Morgan fingerprint density at radius 3 is 2.79 bits per heavy atom. The van der Waals surface area contributed by atoms with Crippen LogP contribution in [0.15, 0.2) is 59.6 Å². The van der Waals surface area contributed by atoms with Gasteiger partial charge < -0.3 is 14.7 Å². The molecule has 1 aromatic heterocycles. The molecular formula is C27H32ClFN2O2S. The van der Waals surface area contributed by atoms with E-state index in [0.717, 1.165) is 54.2 Å². The standard InChI is InChI=1S/C27H32ClFN2O2S/c1-33-22-5-9-27-25(16-22)24(10-12-30-27)26(29)8-2-19-11-13-31(17-20(19)18-32)14-15-34-23-6-3-21(28)4-7-23/h3-7,9-10,12,16,19-20,26,32H,2,8,11,13-15,17-18H2,1H3/t19-,20-,26?/m1/s1. The van der Waals surface area contributed by atoms with Crippen LogP contribution in [0.2, 0.25) is 5.02 Å². The van der Waals surface area contributed by atoms with Crippen LogP contribution >= 0.6 is 23.4 Å². The van der Waals surface area contributed by atoms with Gasteiger partial charge in [-0.05, 0) is 91.7 Å². The van der Waals surface area contributed by atoms with Gasteiger partial charge in [-0.15, -0.1) is 11.8 Å². The van der Waals surface area contributed by atoms with E-state index in [1.807, 2.05) is 54.2 Å². The molecule has 182 valence electrons. The van der Waals surface area contributed by atoms with E-state index in [9.17, 15) is 5.11 Å². The van der Waals surface area contributed by atoms with Crippen molar-refractivity contribution in [3.8, 4) is 5.75 Å². The third-order valence-corrected chi connectivity index (χ3v) is 8.05. The number of halogens is 2. The lowest BCUT2D eigenvalue weighted by Crippen LogP contribution is -2.43. The summed E-state index contributed by atoms with van der Waals surface area (Å²) in [7, 11) is 1.61. The van der Waals surface area contributed by atoms with Gasteiger partial charge >= 0.3 is 0 Å². The van der Waals surface area contributed by atoms with Crippen LogP contribution in [0, 0.1) is 11.8 Å². The lowest BCUT2D eigenvalue weighted by molar-refractivity contribution is 0.0672. The Bertz CT molecular complexity index is 1070. The summed E-state index contributed by atoms with van der Waals surface area (Å²) in [5, 5.41) is 11.6. The van der Waals surface area contributed by atoms with Crippen LogP contribution in [-0.2, 0) is 0 Å². The molecule has 2 heterocycles. The number of rotatable bonds is 10. The first-order valence-electron chi connectivity index (χ1n) is 11.9. The van der Waals surface area contributed by atoms with Gasteiger partial charge in [0.2, 0.25) is 0 Å². The summed E-state index contributed by atoms with van der Waals surface area (Å²) < 4.78 is 20.7. The van der Waals surface area contributed by atoms with Gasteiger partial charge in [0.15, 0.2) is 0 Å². The van der Waals surface area contributed by atoms with E-state index in [-0.39, 0.29) is 12.5 Å². The van der Waals surface area contributed by atoms with Crippen molar-refractivity contribution in [3.05, 3.63) is 65.3 Å². The maximum absolute atomic E-state index is 15.4. The van der Waals surface area contributed by atoms with Crippen LogP contribution in [0.4, 0.5) is 4.39 Å². The number of likely N-dealkylation sites (tertiary alicyclic amines) is 1. The largest absolute Gasteiger partial charge is 0.497 e. The maximum Gasteiger partial charge on any atom is 0.126 e. The van der Waals surface area contributed by atoms with Gasteiger partial charge in [-0.1, -0.05) is 11.6 Å². The SMILES string of the molecule is COc1ccc2nccc(C(F)CC[C@@H]3CCN(CCSc4ccc(Cl)cc4)C[C@@H]3CO)c2c1. The highest BCUT2D eigenvalue weighted by atomic mass is 35.5. The minimum absolute atomic E-state index is 0.151. The Hall–Kier alpha value is -1.86. The number of methoxy groups -OCH3 is 1. The number of alkyl halides is 1. The fraction of sp³-hybridized carbons (Fsp3) is 0.444. The van der Waals surface area contributed by atoms with Crippen LogP contribution in [-0.4, -0.2) is 54.1 Å². The highest BCUT2D eigenvalue weighted by Gasteiger charge is 2.29. The van der Waals surface area contributed by atoms with Gasteiger partial charge in [0, 0.05) is 47.0 Å². The normalized spacial score (nSPS) is 19.9. The molecule has 1 aliphatic rings. The molecule has 0 amide bonds. The zero-order valence-corrected chi connectivity index (χ0v) is 21.1. The predicted octanol–water partition coefficient (Wildman–Crippen LogP) is 6.41. The number of aliphatic hydroxyl groups excluding tert-OH is 1. The summed E-state index contributed by atoms with van der Waals surface area (Å²) in [5.41, 5.74) is 1.44. The van der Waals surface area contributed by atoms with Crippen molar-refractivity contribution in [1.29, 1.82) is 0 Å². The molecule has 1 N–H and O–H groups in total. The number of aliphatic hydroxyl groups is 1. The van der Waals surface area contributed by atoms with Crippen molar-refractivity contribution in [3.63, 3.8) is 0 Å². The molecule has 1 aliphatic heterocycles. The molecule has 4 nitrogen and oxygen atoms in total. The molecule has 0 aliphatic carbocycles. The highest BCUT2D eigenvalue weighted by Crippen LogP contribution is 2.35. The van der Waals surface area contributed by atoms with E-state index in [0.29, 0.717) is 23.7 Å². The topological polar surface area (TPSA) is 45.6 Å². The van der Waals surface area contributed by atoms with Crippen molar-refractivity contribution in [2.24, 2.45) is 11.8 Å². The Morgan fingerprint density at radius 1 is 1.21 bits per heavy atom. The molecule has 1 fully saturated rings. The smallest absolute Gasteiger partial charge is 0.126 e. The fourth-order valence-electron chi connectivity index (χ4n) is 4.83. The molecule has 34 heavy (non-hydrogen) atoms. The third-order valence-electron chi connectivity index (χ3n) is 6.81. The number of hydrogen-bond donors (Lipinski definition) is 1. The maximum atomic E-state index is 15.4. The minimum Gasteiger partial charge on any atom is -0.497 e. The zero-order valence-electron chi connectivity index (χ0n) is 19.5. The predicted molar refractivity (Wildman–Crippen MR) is 139 cm³/mol. The highest BCUT2D eigenvalue weighted by molar-refractivity contribution is 7.99. The average molecular weight is 503 g/mol. The molecule has 3 atom stereocenters. The number of benzene rings is 2. The summed E-state index contributed by atoms with van der Waals surface area (Å²) in [6, 6.07) is 15.3. The molecule has 0 spiro atoms. The second-order valence-electron chi connectivity index (χ2n) is 8.92. The molecule has 0 bridgehead atoms. The molecule has 3 aromatic rings. The van der Waals surface area contributed by atoms with Gasteiger partial charge in [-0.25, -0.2) is 4.39 Å². The Kier molecular flexibility index (Phi) is 9.06. The van der Waals surface area contributed by atoms with Gasteiger partial charge in [-0.2, -0.15) is 0 Å². The van der Waals surface area contributed by atoms with E-state index in [2.05, 4.69) is 9.88 Å². The number of fused-ring (bicyclic) bond motifs is 1. The summed E-state index contributed by atoms with van der Waals surface area (Å²) in [6.07, 6.45) is 2.82. The van der Waals surface area contributed by atoms with Crippen LogP contribution in [0.25, 0.3) is 10.9 Å². The van der Waals surface area contributed by atoms with Crippen LogP contribution < -0.4 is 4.74 Å². The van der Waals surface area contributed by atoms with Gasteiger partial charge in [0.1, 0.15) is 11.9 Å². The Balaban J connectivity index is 1.29. The van der Waals surface area contributed by atoms with Crippen LogP contribution in [0.3, 0.4) is 0 Å². The lowest BCUT2D eigenvalue weighted by Gasteiger charge is -2.38. The van der Waals surface area contributed by atoms with E-state index in [4.69, 9.17) is 16.3 Å². The van der Waals surface area contributed by atoms with E-state index in [1.54, 1.807) is 19.4 Å². The Labute approximate surface area is 210 Å². The number of nitrogens with zero attached hydrogens (tertiary/aromatic N) is 2. The first-order chi connectivity index (χ1) is 16.6. The molecular weight excluding hydrogens is 471 g/mol. The second kappa shape index (κ2) is 12.2. The van der Waals surface area contributed by atoms with E-state index in [1.165, 1.54) is 4.90 Å². The molecule has 0 radical (unpaired) electrons. The third kappa shape index (κ3) is 6.42. The number of piperidine rings is 1. The first-order valence-corrected chi connectivity index (χ1v) is 13.2. The van der Waals surface area contributed by atoms with Crippen molar-refractivity contribution < 1.29 is 14.2 Å². The quantitative estimate of drug-likeness (QED) is 0.324. The first kappa shape index (κ1) is 25.2. The molecule has 4 rings (SSSR count). The van der Waals surface area contributed by atoms with Gasteiger partial charge in [-0.3, -0.25) is 4.98 Å². The number of thioether (sulfide) groups is 1. The minimum atomic E-state index is -1.06. The summed E-state index contributed by atoms with van der Waals surface area (Å²) in [4.78, 5) is 8.00. The molecule has 2 aromatic carbocycles. The monoisotopic (exact) mass is 502 g/mol. The van der Waals surface area contributed by atoms with Crippen LogP contribution in [0.1, 0.15) is 31.0 Å². The number of hydrogen-bond acceptors (Lipinski definition) is 5. The van der Waals surface area contributed by atoms with Crippen LogP contribution in [0.5, 0.6) is 5.75 Å². The fourth-order valence-corrected chi connectivity index (χ4v) is 5.87. The summed E-state index contributed by atoms with van der Waals surface area (Å²) in [6.45, 7) is 2.99. The summed E-state index contributed by atoms with van der Waals surface area (Å²) >= 11 is 7.78. The summed E-state index contributed by atoms with van der Waals surface area (Å²) in [5.74, 6) is 2.23. The number of pyridine rings is 1. The molecule has 1 saturated heterocycles.